The monoisotopic (exact) mass is 1130 g/mol. The molecule has 0 aliphatic carbocycles. The van der Waals surface area contributed by atoms with E-state index < -0.39 is 117 Å². The lowest BCUT2D eigenvalue weighted by atomic mass is 10.1. The molecule has 32 nitrogen and oxygen atoms in total. The number of nitrogens with one attached hydrogen (secondary N) is 8. The van der Waals surface area contributed by atoms with Crippen LogP contribution in [0, 0.1) is 4.91 Å². The van der Waals surface area contributed by atoms with Crippen LogP contribution in [-0.4, -0.2) is 280 Å². The van der Waals surface area contributed by atoms with E-state index in [1.807, 2.05) is 0 Å². The molecule has 0 fully saturated rings. The molecular weight excluding hydrogens is 1050 g/mol. The third-order valence-corrected chi connectivity index (χ3v) is 10.1. The first kappa shape index (κ1) is 72.8. The second-order valence-corrected chi connectivity index (χ2v) is 16.6. The molecule has 0 spiro atoms. The van der Waals surface area contributed by atoms with E-state index in [0.717, 1.165) is 0 Å². The lowest BCUT2D eigenvalue weighted by molar-refractivity contribution is -0.130. The molecule has 0 rings (SSSR count). The van der Waals surface area contributed by atoms with Gasteiger partial charge in [-0.1, -0.05) is 5.18 Å². The normalized spacial score (nSPS) is 13.0. The number of carbonyl (C=O) groups is 8. The molecule has 0 saturated carbocycles. The van der Waals surface area contributed by atoms with E-state index in [2.05, 4.69) is 47.7 Å². The molecule has 0 unspecified atom stereocenters. The molecule has 0 saturated heterocycles. The number of rotatable bonds is 54. The van der Waals surface area contributed by atoms with Crippen molar-refractivity contribution in [3.63, 3.8) is 0 Å². The summed E-state index contributed by atoms with van der Waals surface area (Å²) in [5.41, 5.74) is 0. The summed E-state index contributed by atoms with van der Waals surface area (Å²) in [5.74, 6) is -4.87. The summed E-state index contributed by atoms with van der Waals surface area (Å²) in [6.45, 7) is 1.64. The fourth-order valence-corrected chi connectivity index (χ4v) is 5.88. The van der Waals surface area contributed by atoms with Crippen molar-refractivity contribution in [2.24, 2.45) is 5.18 Å². The van der Waals surface area contributed by atoms with Crippen molar-refractivity contribution in [3.05, 3.63) is 4.91 Å². The van der Waals surface area contributed by atoms with Crippen molar-refractivity contribution in [2.45, 2.75) is 75.4 Å². The summed E-state index contributed by atoms with van der Waals surface area (Å²) >= 11 is 0. The Hall–Kier alpha value is -5.20. The molecule has 0 heterocycles. The first-order valence-corrected chi connectivity index (χ1v) is 25.7. The highest BCUT2D eigenvalue weighted by Gasteiger charge is 2.26. The van der Waals surface area contributed by atoms with E-state index >= 15 is 0 Å². The van der Waals surface area contributed by atoms with Crippen molar-refractivity contribution in [2.75, 3.05) is 171 Å². The zero-order valence-electron chi connectivity index (χ0n) is 44.3. The van der Waals surface area contributed by atoms with Crippen LogP contribution < -0.4 is 42.5 Å². The Labute approximate surface area is 452 Å². The van der Waals surface area contributed by atoms with Crippen LogP contribution >= 0.6 is 0 Å². The fourth-order valence-electron chi connectivity index (χ4n) is 5.88. The van der Waals surface area contributed by atoms with Gasteiger partial charge in [0.15, 0.2) is 6.54 Å². The van der Waals surface area contributed by atoms with Gasteiger partial charge in [-0.3, -0.25) is 38.4 Å². The first-order chi connectivity index (χ1) is 37.6. The average Bonchev–Trinajstić information content (AvgIpc) is 3.42. The minimum absolute atomic E-state index is 0.0298. The molecule has 14 N–H and O–H groups in total. The fraction of sp³-hybridized carbons (Fsp3) is 0.826. The Morgan fingerprint density at radius 1 is 0.410 bits per heavy atom. The zero-order valence-corrected chi connectivity index (χ0v) is 44.3. The van der Waals surface area contributed by atoms with Crippen molar-refractivity contribution >= 4 is 47.3 Å². The number of hydrogen-bond acceptors (Lipinski definition) is 24. The molecule has 0 radical (unpaired) electrons. The van der Waals surface area contributed by atoms with E-state index in [4.69, 9.17) is 48.1 Å². The van der Waals surface area contributed by atoms with Crippen LogP contribution in [-0.2, 0) is 76.3 Å². The van der Waals surface area contributed by atoms with Crippen LogP contribution in [0.25, 0.3) is 0 Å². The number of ether oxygens (including phenoxy) is 8. The smallest absolute Gasteiger partial charge is 0.245 e. The van der Waals surface area contributed by atoms with Gasteiger partial charge in [0.2, 0.25) is 47.3 Å². The summed E-state index contributed by atoms with van der Waals surface area (Å²) < 4.78 is 43.6. The van der Waals surface area contributed by atoms with Crippen LogP contribution in [0.5, 0.6) is 0 Å². The third kappa shape index (κ3) is 45.8. The number of unbranched alkanes of at least 4 members (excludes halogenated alkanes) is 1. The van der Waals surface area contributed by atoms with E-state index in [-0.39, 0.29) is 85.0 Å². The minimum atomic E-state index is -1.60. The van der Waals surface area contributed by atoms with Crippen LogP contribution in [0.1, 0.15) is 44.9 Å². The molecule has 0 aromatic heterocycles. The van der Waals surface area contributed by atoms with Gasteiger partial charge < -0.3 is 111 Å². The molecule has 32 heteroatoms. The van der Waals surface area contributed by atoms with Crippen LogP contribution in [0.15, 0.2) is 5.18 Å². The molecule has 0 aliphatic rings. The Balaban J connectivity index is 3.83. The van der Waals surface area contributed by atoms with Gasteiger partial charge in [0, 0.05) is 39.1 Å². The highest BCUT2D eigenvalue weighted by atomic mass is 16.6. The number of nitroso groups, excluding NO2 is 1. The Kier molecular flexibility index (Phi) is 47.8. The minimum Gasteiger partial charge on any atom is -0.396 e. The molecule has 0 aromatic rings. The Bertz CT molecular complexity index is 1640. The van der Waals surface area contributed by atoms with E-state index in [1.165, 1.54) is 0 Å². The number of carbonyl (C=O) groups excluding carboxylic acids is 8. The molecule has 8 amide bonds. The number of hydrogen-bond donors (Lipinski definition) is 14. The second-order valence-electron chi connectivity index (χ2n) is 16.6. The van der Waals surface area contributed by atoms with E-state index in [1.54, 1.807) is 0 Å². The van der Waals surface area contributed by atoms with Gasteiger partial charge in [0.1, 0.15) is 12.1 Å². The molecule has 452 valence electrons. The van der Waals surface area contributed by atoms with Gasteiger partial charge in [0.05, 0.1) is 157 Å². The Morgan fingerprint density at radius 2 is 0.846 bits per heavy atom. The number of aliphatic hydroxyl groups is 6. The Morgan fingerprint density at radius 3 is 1.29 bits per heavy atom. The number of aliphatic hydroxyl groups excluding tert-OH is 6. The predicted octanol–water partition coefficient (Wildman–Crippen LogP) is -7.66. The van der Waals surface area contributed by atoms with Crippen molar-refractivity contribution in [1.82, 2.24) is 42.5 Å². The maximum atomic E-state index is 12.9. The van der Waals surface area contributed by atoms with Gasteiger partial charge in [-0.15, -0.1) is 0 Å². The van der Waals surface area contributed by atoms with Crippen LogP contribution in [0.3, 0.4) is 0 Å². The summed E-state index contributed by atoms with van der Waals surface area (Å²) in [5, 5.41) is 78.6. The molecule has 0 bridgehead atoms. The maximum absolute atomic E-state index is 12.9. The summed E-state index contributed by atoms with van der Waals surface area (Å²) in [4.78, 5) is 106. The topological polar surface area (TPSA) is 457 Å². The lowest BCUT2D eigenvalue weighted by Gasteiger charge is -2.23. The van der Waals surface area contributed by atoms with Gasteiger partial charge in [0.25, 0.3) is 0 Å². The van der Waals surface area contributed by atoms with Crippen LogP contribution in [0.2, 0.25) is 0 Å². The molecule has 0 aliphatic heterocycles. The molecule has 78 heavy (non-hydrogen) atoms. The average molecular weight is 1130 g/mol. The first-order valence-electron chi connectivity index (χ1n) is 25.7. The van der Waals surface area contributed by atoms with Crippen molar-refractivity contribution in [3.8, 4) is 0 Å². The zero-order chi connectivity index (χ0) is 57.9. The maximum Gasteiger partial charge on any atom is 0.245 e. The molecular formula is C46H85N9O23. The summed E-state index contributed by atoms with van der Waals surface area (Å²) in [6, 6.07) is -1.09. The standard InChI is InChI=1S/C46H85N9O23/c56-10-6-36(59)45(68)37(60)27-49-38(61)5-4-35(46(69)48-8-2-1-3-34(58)33-57)55-39(62)7-11-71-13-15-73-17-19-75-21-23-77-25-26-78-24-22-76-20-18-74-16-14-72-12-9-47-40(63)28-50-41(64)29-51-42(65)30-52-43(66)31-53-44(67)32-54-70/h34-37,45,56-60,68H,1-33H2,(H,47,63)(H,48,69)(H,49,61)(H,50,64)(H,51,65)(H,52,66)(H,53,67)(H,55,62)/t34-,35-,36+,37-,45-/m0/s1. The molecule has 0 aromatic carbocycles. The number of nitrogens with zero attached hydrogens (tertiary/aromatic N) is 1. The van der Waals surface area contributed by atoms with Crippen molar-refractivity contribution in [1.29, 1.82) is 0 Å². The number of amides is 8. The van der Waals surface area contributed by atoms with Crippen molar-refractivity contribution < 1.29 is 107 Å². The predicted molar refractivity (Wildman–Crippen MR) is 271 cm³/mol. The van der Waals surface area contributed by atoms with Gasteiger partial charge in [-0.2, -0.15) is 4.91 Å². The van der Waals surface area contributed by atoms with Crippen LogP contribution in [0.4, 0.5) is 0 Å². The highest BCUT2D eigenvalue weighted by Crippen LogP contribution is 2.05. The van der Waals surface area contributed by atoms with Gasteiger partial charge >= 0.3 is 0 Å². The lowest BCUT2D eigenvalue weighted by Crippen LogP contribution is -2.48. The summed E-state index contributed by atoms with van der Waals surface area (Å²) in [6.07, 6.45) is -4.58. The third-order valence-electron chi connectivity index (χ3n) is 10.1. The molecule has 5 atom stereocenters. The van der Waals surface area contributed by atoms with E-state index in [9.17, 15) is 63.7 Å². The van der Waals surface area contributed by atoms with Gasteiger partial charge in [-0.05, 0) is 32.1 Å². The SMILES string of the molecule is O=NCC(=O)NCC(=O)NCC(=O)NCC(=O)NCC(=O)NCCOCCOCCOCCOCCOCCOCCOCCOCCC(=O)N[C@@H](CCC(=O)NC[C@H](O)[C@@H](O)[C@H](O)CCO)C(=O)NCCCC[C@H](O)CO. The highest BCUT2D eigenvalue weighted by molar-refractivity contribution is 5.91. The second kappa shape index (κ2) is 51.3. The largest absolute Gasteiger partial charge is 0.396 e. The quantitative estimate of drug-likeness (QED) is 0.0199. The van der Waals surface area contributed by atoms with Gasteiger partial charge in [-0.25, -0.2) is 0 Å². The summed E-state index contributed by atoms with van der Waals surface area (Å²) in [7, 11) is 0. The van der Waals surface area contributed by atoms with E-state index in [0.29, 0.717) is 91.9 Å².